The summed E-state index contributed by atoms with van der Waals surface area (Å²) in [6.07, 6.45) is 6.82. The van der Waals surface area contributed by atoms with Gasteiger partial charge in [-0.05, 0) is 6.08 Å². The van der Waals surface area contributed by atoms with E-state index in [2.05, 4.69) is 11.0 Å². The smallest absolute Gasteiger partial charge is 0.210 e. The molecule has 0 amide bonds. The lowest BCUT2D eigenvalue weighted by molar-refractivity contribution is 0.237. The zero-order chi connectivity index (χ0) is 5.82. The monoisotopic (exact) mass is 111 g/mol. The van der Waals surface area contributed by atoms with Gasteiger partial charge in [0.05, 0.1) is 13.4 Å². The quantitative estimate of drug-likeness (QED) is 0.506. The van der Waals surface area contributed by atoms with Gasteiger partial charge in [-0.1, -0.05) is 0 Å². The first-order chi connectivity index (χ1) is 3.93. The predicted octanol–water partition coefficient (Wildman–Crippen LogP) is 1.21. The SMILES string of the molecule is COC1=[C]OC=CC1. The van der Waals surface area contributed by atoms with Crippen molar-refractivity contribution in [2.75, 3.05) is 7.11 Å². The largest absolute Gasteiger partial charge is 0.497 e. The third-order valence-corrected chi connectivity index (χ3v) is 0.887. The molecule has 2 nitrogen and oxygen atoms in total. The van der Waals surface area contributed by atoms with Crippen molar-refractivity contribution < 1.29 is 9.47 Å². The van der Waals surface area contributed by atoms with Gasteiger partial charge in [-0.25, -0.2) is 0 Å². The van der Waals surface area contributed by atoms with Crippen LogP contribution in [0.25, 0.3) is 0 Å². The summed E-state index contributed by atoms with van der Waals surface area (Å²) in [6, 6.07) is 0. The lowest BCUT2D eigenvalue weighted by atomic mass is 10.3. The fourth-order valence-electron chi connectivity index (χ4n) is 0.470. The molecule has 2 heteroatoms. The zero-order valence-corrected chi connectivity index (χ0v) is 4.68. The Morgan fingerprint density at radius 3 is 3.12 bits per heavy atom. The summed E-state index contributed by atoms with van der Waals surface area (Å²) >= 11 is 0. The van der Waals surface area contributed by atoms with E-state index in [1.807, 2.05) is 6.08 Å². The van der Waals surface area contributed by atoms with Gasteiger partial charge in [0, 0.05) is 6.42 Å². The molecule has 8 heavy (non-hydrogen) atoms. The van der Waals surface area contributed by atoms with E-state index in [1.165, 1.54) is 0 Å². The summed E-state index contributed by atoms with van der Waals surface area (Å²) in [5.41, 5.74) is 0. The van der Waals surface area contributed by atoms with Crippen molar-refractivity contribution in [2.24, 2.45) is 0 Å². The number of rotatable bonds is 1. The molecule has 0 aromatic heterocycles. The van der Waals surface area contributed by atoms with Crippen molar-refractivity contribution in [2.45, 2.75) is 6.42 Å². The lowest BCUT2D eigenvalue weighted by Gasteiger charge is -2.03. The van der Waals surface area contributed by atoms with E-state index in [1.54, 1.807) is 13.4 Å². The standard InChI is InChI=1S/C6H7O2/c1-7-6-3-2-4-8-5-6/h2,4H,3H2,1H3. The van der Waals surface area contributed by atoms with Crippen LogP contribution in [0.15, 0.2) is 18.1 Å². The van der Waals surface area contributed by atoms with E-state index in [-0.39, 0.29) is 0 Å². The van der Waals surface area contributed by atoms with Crippen LogP contribution in [0, 0.1) is 6.26 Å². The molecule has 1 radical (unpaired) electrons. The summed E-state index contributed by atoms with van der Waals surface area (Å²) < 4.78 is 9.50. The summed E-state index contributed by atoms with van der Waals surface area (Å²) in [6.45, 7) is 0. The molecule has 1 aliphatic heterocycles. The highest BCUT2D eigenvalue weighted by atomic mass is 16.5. The number of methoxy groups -OCH3 is 1. The summed E-state index contributed by atoms with van der Waals surface area (Å²) in [7, 11) is 1.60. The second kappa shape index (κ2) is 2.40. The molecule has 1 rings (SSSR count). The molecule has 0 saturated heterocycles. The molecule has 1 heterocycles. The van der Waals surface area contributed by atoms with Crippen molar-refractivity contribution in [1.82, 2.24) is 0 Å². The number of allylic oxidation sites excluding steroid dienone is 1. The lowest BCUT2D eigenvalue weighted by Crippen LogP contribution is -1.89. The van der Waals surface area contributed by atoms with E-state index < -0.39 is 0 Å². The average Bonchev–Trinajstić information content (AvgIpc) is 1.90. The van der Waals surface area contributed by atoms with E-state index in [9.17, 15) is 0 Å². The van der Waals surface area contributed by atoms with Crippen LogP contribution in [0.4, 0.5) is 0 Å². The molecule has 0 aromatic carbocycles. The van der Waals surface area contributed by atoms with E-state index >= 15 is 0 Å². The van der Waals surface area contributed by atoms with Crippen LogP contribution >= 0.6 is 0 Å². The Morgan fingerprint density at radius 2 is 2.75 bits per heavy atom. The van der Waals surface area contributed by atoms with E-state index in [4.69, 9.17) is 4.74 Å². The number of hydrogen-bond acceptors (Lipinski definition) is 2. The Kier molecular flexibility index (Phi) is 1.57. The van der Waals surface area contributed by atoms with Crippen molar-refractivity contribution in [3.05, 3.63) is 24.4 Å². The molecule has 0 atom stereocenters. The van der Waals surface area contributed by atoms with Crippen LogP contribution < -0.4 is 0 Å². The van der Waals surface area contributed by atoms with Crippen LogP contribution in [0.1, 0.15) is 6.42 Å². The Hall–Kier alpha value is -0.920. The van der Waals surface area contributed by atoms with Crippen LogP contribution in [0.2, 0.25) is 0 Å². The van der Waals surface area contributed by atoms with E-state index in [0.717, 1.165) is 12.2 Å². The first-order valence-electron chi connectivity index (χ1n) is 2.40. The maximum absolute atomic E-state index is 4.82. The van der Waals surface area contributed by atoms with Gasteiger partial charge in [0.2, 0.25) is 6.26 Å². The summed E-state index contributed by atoms with van der Waals surface area (Å²) in [4.78, 5) is 0. The molecule has 0 saturated carbocycles. The normalized spacial score (nSPS) is 16.9. The molecule has 0 aliphatic carbocycles. The van der Waals surface area contributed by atoms with Crippen molar-refractivity contribution >= 4 is 0 Å². The second-order valence-electron chi connectivity index (χ2n) is 1.42. The van der Waals surface area contributed by atoms with Gasteiger partial charge in [-0.3, -0.25) is 0 Å². The Labute approximate surface area is 48.4 Å². The van der Waals surface area contributed by atoms with Crippen molar-refractivity contribution in [3.63, 3.8) is 0 Å². The third kappa shape index (κ3) is 1.03. The molecule has 0 fully saturated rings. The van der Waals surface area contributed by atoms with Gasteiger partial charge >= 0.3 is 0 Å². The minimum atomic E-state index is 0.743. The second-order valence-corrected chi connectivity index (χ2v) is 1.42. The minimum Gasteiger partial charge on any atom is -0.497 e. The number of ether oxygens (including phenoxy) is 2. The Balaban J connectivity index is 2.43. The molecule has 0 unspecified atom stereocenters. The van der Waals surface area contributed by atoms with Crippen LogP contribution in [0.5, 0.6) is 0 Å². The van der Waals surface area contributed by atoms with Gasteiger partial charge in [0.25, 0.3) is 0 Å². The van der Waals surface area contributed by atoms with Crippen LogP contribution in [0.3, 0.4) is 0 Å². The van der Waals surface area contributed by atoms with Gasteiger partial charge in [0.15, 0.2) is 0 Å². The molecule has 1 aliphatic rings. The molecule has 43 valence electrons. The Morgan fingerprint density at radius 1 is 1.88 bits per heavy atom. The molecule has 0 bridgehead atoms. The fraction of sp³-hybridized carbons (Fsp3) is 0.333. The predicted molar refractivity (Wildman–Crippen MR) is 28.6 cm³/mol. The third-order valence-electron chi connectivity index (χ3n) is 0.887. The highest BCUT2D eigenvalue weighted by Gasteiger charge is 1.96. The fourth-order valence-corrected chi connectivity index (χ4v) is 0.470. The van der Waals surface area contributed by atoms with E-state index in [0.29, 0.717) is 0 Å². The maximum atomic E-state index is 4.82. The first kappa shape index (κ1) is 5.22. The zero-order valence-electron chi connectivity index (χ0n) is 4.68. The van der Waals surface area contributed by atoms with Gasteiger partial charge in [0.1, 0.15) is 5.76 Å². The van der Waals surface area contributed by atoms with Crippen LogP contribution in [-0.4, -0.2) is 7.11 Å². The van der Waals surface area contributed by atoms with Gasteiger partial charge in [-0.2, -0.15) is 0 Å². The minimum absolute atomic E-state index is 0.743. The van der Waals surface area contributed by atoms with Gasteiger partial charge in [-0.15, -0.1) is 0 Å². The van der Waals surface area contributed by atoms with Crippen LogP contribution in [-0.2, 0) is 9.47 Å². The molecule has 0 N–H and O–H groups in total. The molecule has 0 spiro atoms. The topological polar surface area (TPSA) is 18.5 Å². The Bertz CT molecular complexity index is 124. The molecular formula is C6H7O2. The maximum Gasteiger partial charge on any atom is 0.210 e. The highest BCUT2D eigenvalue weighted by molar-refractivity contribution is 4.96. The summed E-state index contributed by atoms with van der Waals surface area (Å²) in [5.74, 6) is 0.743. The molecular weight excluding hydrogens is 104 g/mol. The average molecular weight is 111 g/mol. The highest BCUT2D eigenvalue weighted by Crippen LogP contribution is 2.06. The van der Waals surface area contributed by atoms with Gasteiger partial charge < -0.3 is 9.47 Å². The van der Waals surface area contributed by atoms with Crippen molar-refractivity contribution in [1.29, 1.82) is 0 Å². The molecule has 0 aromatic rings. The first-order valence-corrected chi connectivity index (χ1v) is 2.40. The van der Waals surface area contributed by atoms with Crippen molar-refractivity contribution in [3.8, 4) is 0 Å². The number of hydrogen-bond donors (Lipinski definition) is 0. The summed E-state index contributed by atoms with van der Waals surface area (Å²) in [5, 5.41) is 0.